The number of nitrogens with zero attached hydrogens (tertiary/aromatic N) is 1. The fourth-order valence-corrected chi connectivity index (χ4v) is 1.37. The molecule has 0 radical (unpaired) electrons. The van der Waals surface area contributed by atoms with E-state index in [1.165, 1.54) is 28.0 Å². The van der Waals surface area contributed by atoms with E-state index in [9.17, 15) is 9.90 Å². The summed E-state index contributed by atoms with van der Waals surface area (Å²) in [5.41, 5.74) is -1.14. The third-order valence-corrected chi connectivity index (χ3v) is 2.00. The summed E-state index contributed by atoms with van der Waals surface area (Å²) < 4.78 is 0. The molecule has 15 heavy (non-hydrogen) atoms. The summed E-state index contributed by atoms with van der Waals surface area (Å²) in [6.07, 6.45) is 1.26. The van der Waals surface area contributed by atoms with E-state index in [1.54, 1.807) is 0 Å². The Hall–Kier alpha value is -0.710. The first-order valence-corrected chi connectivity index (χ1v) is 4.91. The predicted molar refractivity (Wildman–Crippen MR) is 63.8 cm³/mol. The number of aliphatic hydroxyl groups is 1. The second kappa shape index (κ2) is 4.43. The van der Waals surface area contributed by atoms with Crippen molar-refractivity contribution in [2.24, 2.45) is 0 Å². The Morgan fingerprint density at radius 3 is 2.60 bits per heavy atom. The third-order valence-electron chi connectivity index (χ3n) is 1.48. The van der Waals surface area contributed by atoms with Crippen molar-refractivity contribution >= 4 is 44.8 Å². The number of halogens is 2. The molecular formula is C7H8B2Cl2N2O2. The fourth-order valence-electron chi connectivity index (χ4n) is 0.920. The van der Waals surface area contributed by atoms with Crippen molar-refractivity contribution in [3.8, 4) is 0 Å². The molecule has 0 spiro atoms. The Balaban J connectivity index is 2.92. The lowest BCUT2D eigenvalue weighted by Gasteiger charge is -2.19. The van der Waals surface area contributed by atoms with E-state index in [-0.39, 0.29) is 15.7 Å². The lowest BCUT2D eigenvalue weighted by Crippen LogP contribution is -2.49. The lowest BCUT2D eigenvalue weighted by atomic mass is 9.73. The van der Waals surface area contributed by atoms with E-state index in [1.807, 2.05) is 0 Å². The van der Waals surface area contributed by atoms with Gasteiger partial charge in [0.1, 0.15) is 5.15 Å². The second-order valence-corrected chi connectivity index (χ2v) is 4.29. The maximum Gasteiger partial charge on any atom is 0.255 e. The fraction of sp³-hybridized carbons (Fsp3) is 0.143. The zero-order chi connectivity index (χ0) is 11.6. The number of carbonyl (C=O) groups excluding carboxylic acids is 1. The van der Waals surface area contributed by atoms with Crippen LogP contribution >= 0.6 is 23.2 Å². The van der Waals surface area contributed by atoms with Crippen LogP contribution in [-0.4, -0.2) is 37.2 Å². The van der Waals surface area contributed by atoms with Crippen LogP contribution in [0.4, 0.5) is 0 Å². The molecule has 78 valence electrons. The van der Waals surface area contributed by atoms with E-state index in [2.05, 4.69) is 10.3 Å². The molecule has 1 aromatic heterocycles. The highest BCUT2D eigenvalue weighted by atomic mass is 35.5. The van der Waals surface area contributed by atoms with Gasteiger partial charge in [0.25, 0.3) is 5.91 Å². The quantitative estimate of drug-likeness (QED) is 0.398. The summed E-state index contributed by atoms with van der Waals surface area (Å²) >= 11 is 11.4. The number of carbonyl (C=O) groups is 1. The molecule has 2 N–H and O–H groups in total. The van der Waals surface area contributed by atoms with Gasteiger partial charge < -0.3 is 10.4 Å². The molecule has 0 aliphatic heterocycles. The van der Waals surface area contributed by atoms with Gasteiger partial charge >= 0.3 is 0 Å². The first-order chi connectivity index (χ1) is 6.79. The van der Waals surface area contributed by atoms with Crippen LogP contribution in [0.5, 0.6) is 0 Å². The molecular weight excluding hydrogens is 237 g/mol. The van der Waals surface area contributed by atoms with Crippen LogP contribution in [-0.2, 0) is 0 Å². The van der Waals surface area contributed by atoms with Crippen molar-refractivity contribution in [3.63, 3.8) is 0 Å². The first kappa shape index (κ1) is 12.4. The zero-order valence-corrected chi connectivity index (χ0v) is 9.73. The molecule has 0 bridgehead atoms. The molecule has 0 saturated carbocycles. The van der Waals surface area contributed by atoms with Gasteiger partial charge in [0, 0.05) is 6.20 Å². The number of pyridine rings is 1. The number of hydrogen-bond acceptors (Lipinski definition) is 3. The van der Waals surface area contributed by atoms with E-state index < -0.39 is 11.4 Å². The Morgan fingerprint density at radius 2 is 2.13 bits per heavy atom. The normalized spacial score (nSPS) is 11.1. The summed E-state index contributed by atoms with van der Waals surface area (Å²) in [4.78, 5) is 15.3. The van der Waals surface area contributed by atoms with Gasteiger partial charge in [-0.2, -0.15) is 0 Å². The van der Waals surface area contributed by atoms with Crippen LogP contribution in [0.1, 0.15) is 10.4 Å². The van der Waals surface area contributed by atoms with Gasteiger partial charge in [-0.3, -0.25) is 4.79 Å². The summed E-state index contributed by atoms with van der Waals surface area (Å²) in [7, 11) is 2.89. The molecule has 0 aromatic carbocycles. The molecule has 1 rings (SSSR count). The van der Waals surface area contributed by atoms with Crippen LogP contribution < -0.4 is 5.32 Å². The smallest absolute Gasteiger partial charge is 0.255 e. The molecule has 0 fully saturated rings. The van der Waals surface area contributed by atoms with Crippen LogP contribution in [0.3, 0.4) is 0 Å². The minimum absolute atomic E-state index is 0.170. The number of amides is 1. The lowest BCUT2D eigenvalue weighted by molar-refractivity contribution is 0.0840. The van der Waals surface area contributed by atoms with Gasteiger partial charge in [-0.1, -0.05) is 23.2 Å². The van der Waals surface area contributed by atoms with Crippen LogP contribution in [0.2, 0.25) is 10.2 Å². The monoisotopic (exact) mass is 244 g/mol. The zero-order valence-electron chi connectivity index (χ0n) is 8.21. The molecule has 0 atom stereocenters. The van der Waals surface area contributed by atoms with Crippen LogP contribution in [0, 0.1) is 0 Å². The Labute approximate surface area is 98.8 Å². The number of nitrogens with one attached hydrogen (secondary N) is 1. The highest BCUT2D eigenvalue weighted by Gasteiger charge is 2.19. The molecule has 1 aromatic rings. The van der Waals surface area contributed by atoms with Crippen molar-refractivity contribution in [3.05, 3.63) is 28.0 Å². The maximum absolute atomic E-state index is 11.6. The van der Waals surface area contributed by atoms with Crippen molar-refractivity contribution in [2.45, 2.75) is 5.52 Å². The summed E-state index contributed by atoms with van der Waals surface area (Å²) in [6, 6.07) is 1.36. The predicted octanol–water partition coefficient (Wildman–Crippen LogP) is -1.01. The Morgan fingerprint density at radius 1 is 1.53 bits per heavy atom. The Bertz CT molecular complexity index is 395. The van der Waals surface area contributed by atoms with Gasteiger partial charge in [0.15, 0.2) is 15.7 Å². The minimum atomic E-state index is -1.31. The Kier molecular flexibility index (Phi) is 3.65. The molecule has 0 saturated heterocycles. The van der Waals surface area contributed by atoms with E-state index >= 15 is 0 Å². The second-order valence-electron chi connectivity index (χ2n) is 3.50. The third kappa shape index (κ3) is 3.74. The average Bonchev–Trinajstić information content (AvgIpc) is 1.99. The van der Waals surface area contributed by atoms with Crippen molar-refractivity contribution < 1.29 is 9.90 Å². The van der Waals surface area contributed by atoms with Gasteiger partial charge in [0.2, 0.25) is 0 Å². The molecule has 0 aliphatic rings. The SMILES string of the molecule is BC(B)(O)NC(=O)c1cnc(Cl)cc1Cl. The number of aromatic nitrogens is 1. The highest BCUT2D eigenvalue weighted by Crippen LogP contribution is 2.18. The average molecular weight is 245 g/mol. The number of rotatable bonds is 2. The first-order valence-electron chi connectivity index (χ1n) is 4.15. The van der Waals surface area contributed by atoms with Crippen molar-refractivity contribution in [1.29, 1.82) is 0 Å². The number of hydrogen-bond donors (Lipinski definition) is 2. The molecule has 4 nitrogen and oxygen atoms in total. The molecule has 1 amide bonds. The van der Waals surface area contributed by atoms with Crippen molar-refractivity contribution in [1.82, 2.24) is 10.3 Å². The van der Waals surface area contributed by atoms with Crippen LogP contribution in [0.25, 0.3) is 0 Å². The van der Waals surface area contributed by atoms with E-state index in [0.717, 1.165) is 0 Å². The molecule has 0 unspecified atom stereocenters. The molecule has 0 aliphatic carbocycles. The van der Waals surface area contributed by atoms with Gasteiger partial charge in [-0.25, -0.2) is 4.98 Å². The topological polar surface area (TPSA) is 62.2 Å². The van der Waals surface area contributed by atoms with Gasteiger partial charge in [-0.15, -0.1) is 0 Å². The summed E-state index contributed by atoms with van der Waals surface area (Å²) in [6.45, 7) is 0. The summed E-state index contributed by atoms with van der Waals surface area (Å²) in [5.74, 6) is -0.503. The van der Waals surface area contributed by atoms with Crippen LogP contribution in [0.15, 0.2) is 12.3 Å². The maximum atomic E-state index is 11.6. The molecule has 1 heterocycles. The minimum Gasteiger partial charge on any atom is -0.388 e. The van der Waals surface area contributed by atoms with E-state index in [0.29, 0.717) is 0 Å². The van der Waals surface area contributed by atoms with Gasteiger partial charge in [0.05, 0.1) is 16.1 Å². The molecule has 8 heteroatoms. The standard InChI is InChI=1S/C7H8B2Cl2N2O2/c8-7(9,15)13-6(14)3-2-12-5(11)1-4(3)10/h1-2,15H,8-9H2,(H,13,14). The summed E-state index contributed by atoms with van der Waals surface area (Å²) in [5, 5.41) is 12.1. The van der Waals surface area contributed by atoms with E-state index in [4.69, 9.17) is 23.2 Å². The van der Waals surface area contributed by atoms with Crippen molar-refractivity contribution in [2.75, 3.05) is 0 Å². The highest BCUT2D eigenvalue weighted by molar-refractivity contribution is 6.40. The van der Waals surface area contributed by atoms with Gasteiger partial charge in [-0.05, 0) is 6.07 Å². The largest absolute Gasteiger partial charge is 0.388 e.